The van der Waals surface area contributed by atoms with Crippen LogP contribution in [0.25, 0.3) is 19.7 Å². The number of phenols is 2. The fraction of sp³-hybridized carbons (Fsp3) is 0.250. The zero-order chi connectivity index (χ0) is 44.4. The van der Waals surface area contributed by atoms with Crippen LogP contribution in [0.4, 0.5) is 0 Å². The van der Waals surface area contributed by atoms with E-state index in [9.17, 15) is 19.7 Å². The minimum atomic E-state index is -2.20. The molecule has 1 aliphatic heterocycles. The summed E-state index contributed by atoms with van der Waals surface area (Å²) >= 11 is 0.0609. The number of hydrogen-bond acceptors (Lipinski definition) is 8. The molecule has 6 aromatic carbocycles. The monoisotopic (exact) mass is 1060 g/mol. The maximum absolute atomic E-state index is 12.1. The summed E-state index contributed by atoms with van der Waals surface area (Å²) in [4.78, 5) is 10.1. The third kappa shape index (κ3) is 11.4. The van der Waals surface area contributed by atoms with E-state index in [1.165, 1.54) is 22.3 Å². The minimum absolute atomic E-state index is 0.0643. The average molecular weight is 1050 g/mol. The van der Waals surface area contributed by atoms with Crippen molar-refractivity contribution in [1.82, 2.24) is 0 Å². The van der Waals surface area contributed by atoms with Crippen molar-refractivity contribution in [2.75, 3.05) is 0 Å². The van der Waals surface area contributed by atoms with Gasteiger partial charge in [0.2, 0.25) is 0 Å². The first-order valence-electron chi connectivity index (χ1n) is 19.5. The summed E-state index contributed by atoms with van der Waals surface area (Å²) in [7, 11) is -4.15. The summed E-state index contributed by atoms with van der Waals surface area (Å²) < 4.78 is 41.1. The van der Waals surface area contributed by atoms with Crippen LogP contribution in [0.3, 0.4) is 0 Å². The fourth-order valence-corrected chi connectivity index (χ4v) is 17.5. The number of aromatic hydroxyl groups is 2. The molecule has 7 aromatic rings. The second-order valence-electron chi connectivity index (χ2n) is 15.6. The first-order valence-corrected chi connectivity index (χ1v) is 26.9. The molecule has 0 radical (unpaired) electrons. The van der Waals surface area contributed by atoms with Gasteiger partial charge in [0.15, 0.2) is 0 Å². The molecule has 0 atom stereocenters. The fourth-order valence-electron chi connectivity index (χ4n) is 7.13. The third-order valence-corrected chi connectivity index (χ3v) is 17.6. The van der Waals surface area contributed by atoms with Gasteiger partial charge in [0.25, 0.3) is 0 Å². The normalized spacial score (nSPS) is 12.1. The summed E-state index contributed by atoms with van der Waals surface area (Å²) in [6.45, 7) is 24.1. The molecule has 1 aliphatic rings. The molecule has 0 saturated heterocycles. The van der Waals surface area contributed by atoms with Crippen molar-refractivity contribution in [2.45, 2.75) is 83.1 Å². The van der Waals surface area contributed by atoms with Gasteiger partial charge in [0.1, 0.15) is 0 Å². The molecule has 318 valence electrons. The number of benzene rings is 6. The zero-order valence-corrected chi connectivity index (χ0v) is 43.4. The number of rotatable bonds is 2. The van der Waals surface area contributed by atoms with Crippen LogP contribution in [0.15, 0.2) is 81.2 Å². The van der Waals surface area contributed by atoms with E-state index >= 15 is 0 Å². The van der Waals surface area contributed by atoms with Crippen molar-refractivity contribution in [2.24, 2.45) is 0 Å². The van der Waals surface area contributed by atoms with Crippen molar-refractivity contribution in [1.29, 1.82) is 0 Å². The first kappa shape index (κ1) is 46.7. The van der Waals surface area contributed by atoms with E-state index in [1.807, 2.05) is 91.8 Å². The molecule has 61 heavy (non-hydrogen) atoms. The Hall–Kier alpha value is -3.83. The predicted octanol–water partition coefficient (Wildman–Crippen LogP) is 9.89. The van der Waals surface area contributed by atoms with Crippen molar-refractivity contribution < 1.29 is 37.1 Å². The van der Waals surface area contributed by atoms with Gasteiger partial charge in [0.05, 0.1) is 0 Å². The number of aryl methyl sites for hydroxylation is 12. The number of hydrogen-bond donors (Lipinski definition) is 3. The summed E-state index contributed by atoms with van der Waals surface area (Å²) in [5, 5.41) is 20.3. The van der Waals surface area contributed by atoms with Crippen LogP contribution >= 0.6 is 16.5 Å². The molecule has 13 heteroatoms. The Bertz CT molecular complexity index is 2740. The van der Waals surface area contributed by atoms with E-state index in [0.717, 1.165) is 82.4 Å². The molecule has 0 bridgehead atoms. The van der Waals surface area contributed by atoms with Crippen LogP contribution in [0.2, 0.25) is 0 Å². The molecule has 0 unspecified atom stereocenters. The average Bonchev–Trinajstić information content (AvgIpc) is 3.14. The van der Waals surface area contributed by atoms with Gasteiger partial charge in [0, 0.05) is 0 Å². The summed E-state index contributed by atoms with van der Waals surface area (Å²) in [5.74, 6) is 2.26. The van der Waals surface area contributed by atoms with E-state index in [2.05, 4.69) is 64.1 Å². The van der Waals surface area contributed by atoms with Crippen molar-refractivity contribution >= 4 is 98.4 Å². The summed E-state index contributed by atoms with van der Waals surface area (Å²) in [6.07, 6.45) is 0. The topological polar surface area (TPSA) is 123 Å². The molecule has 8 nitrogen and oxygen atoms in total. The van der Waals surface area contributed by atoms with Gasteiger partial charge in [-0.15, -0.1) is 0 Å². The Morgan fingerprint density at radius 3 is 1.25 bits per heavy atom. The quantitative estimate of drug-likeness (QED) is 0.116. The number of fused-ring (bicyclic) bond motifs is 4. The van der Waals surface area contributed by atoms with Crippen molar-refractivity contribution in [3.63, 3.8) is 0 Å². The molecular formula is C48H51O8P2Se3+. The van der Waals surface area contributed by atoms with Crippen LogP contribution in [0, 0.1) is 83.1 Å². The van der Waals surface area contributed by atoms with Gasteiger partial charge < -0.3 is 0 Å². The molecule has 3 N–H and O–H groups in total. The van der Waals surface area contributed by atoms with Crippen LogP contribution in [0.1, 0.15) is 66.8 Å². The Morgan fingerprint density at radius 1 is 0.492 bits per heavy atom. The maximum atomic E-state index is 12.1. The first-order chi connectivity index (χ1) is 28.8. The Morgan fingerprint density at radius 2 is 0.836 bits per heavy atom. The van der Waals surface area contributed by atoms with E-state index in [-0.39, 0.29) is 44.4 Å². The second-order valence-corrected chi connectivity index (χ2v) is 24.1. The summed E-state index contributed by atoms with van der Waals surface area (Å²) in [5.41, 5.74) is 14.4. The Kier molecular flexibility index (Phi) is 15.1. The molecule has 0 saturated carbocycles. The van der Waals surface area contributed by atoms with Gasteiger partial charge in [-0.2, -0.15) is 0 Å². The molecule has 8 rings (SSSR count). The van der Waals surface area contributed by atoms with Gasteiger partial charge in [-0.3, -0.25) is 0 Å². The molecular weight excluding hydrogens is 1000 g/mol. The Balaban J connectivity index is 0.000000153. The SMILES string of the molecule is Cc1cc(C)c(O)c([Se]c2cc(C)cc(C)c2O)c1.Cc1cc(C)c2c(c1)[Se]c1cc(C)cc(C)c1OP(O)O2.Cc1cc(C)c2o[p+](=O)oc3c(C)cc(C)cc3[se]c2c1. The molecule has 0 fully saturated rings. The molecule has 0 aliphatic carbocycles. The van der Waals surface area contributed by atoms with Gasteiger partial charge in [-0.05, 0) is 0 Å². The Labute approximate surface area is 378 Å². The second kappa shape index (κ2) is 19.7. The van der Waals surface area contributed by atoms with Gasteiger partial charge >= 0.3 is 381 Å². The zero-order valence-electron chi connectivity index (χ0n) is 36.4. The van der Waals surface area contributed by atoms with Gasteiger partial charge in [-0.1, -0.05) is 0 Å². The molecule has 1 aromatic heterocycles. The molecule has 2 heterocycles. The van der Waals surface area contributed by atoms with E-state index in [4.69, 9.17) is 17.4 Å². The third-order valence-electron chi connectivity index (χ3n) is 9.69. The predicted molar refractivity (Wildman–Crippen MR) is 255 cm³/mol. The van der Waals surface area contributed by atoms with Crippen LogP contribution in [0.5, 0.6) is 23.0 Å². The molecule has 0 amide bonds. The standard InChI is InChI=1S/C16H17O3PSe.C16H16O3PSe.C16H18O2Se/c2*1-9-5-11(3)15-13(7-9)21-14-8-10(2)6-12(4)16(14)19-20(17)18-15;1-9-5-11(3)15(17)13(7-9)19-14-8-10(2)6-12(4)16(14)18/h5-8,17H,1-4H3;5-8H,1-4H3;5-8,17-18H,1-4H3/q;+1;. The van der Waals surface area contributed by atoms with Crippen molar-refractivity contribution in [3.05, 3.63) is 140 Å². The molecule has 0 spiro atoms. The van der Waals surface area contributed by atoms with E-state index in [0.29, 0.717) is 22.7 Å². The van der Waals surface area contributed by atoms with Crippen LogP contribution in [-0.2, 0) is 4.57 Å². The van der Waals surface area contributed by atoms with E-state index in [1.54, 1.807) is 0 Å². The van der Waals surface area contributed by atoms with Crippen LogP contribution < -0.4 is 26.9 Å². The van der Waals surface area contributed by atoms with E-state index < -0.39 is 16.5 Å². The number of phenolic OH excluding ortho intramolecular Hbond substituents is 2. The van der Waals surface area contributed by atoms with Gasteiger partial charge in [-0.25, -0.2) is 0 Å². The van der Waals surface area contributed by atoms with Crippen molar-refractivity contribution in [3.8, 4) is 23.0 Å². The van der Waals surface area contributed by atoms with Crippen LogP contribution in [-0.4, -0.2) is 59.5 Å². The summed E-state index contributed by atoms with van der Waals surface area (Å²) in [6, 6.07) is 24.7.